The fraction of sp³-hybridized carbons (Fsp3) is 0.500. The van der Waals surface area contributed by atoms with Crippen LogP contribution in [0.4, 0.5) is 0 Å². The van der Waals surface area contributed by atoms with E-state index in [4.69, 9.17) is 27.9 Å². The van der Waals surface area contributed by atoms with Crippen LogP contribution in [0.25, 0.3) is 0 Å². The van der Waals surface area contributed by atoms with Crippen LogP contribution in [0.3, 0.4) is 0 Å². The molecule has 1 N–H and O–H groups in total. The number of piperidine rings is 1. The third-order valence-corrected chi connectivity index (χ3v) is 3.56. The molecular weight excluding hydrogens is 245 g/mol. The molecule has 1 atom stereocenters. The average Bonchev–Trinajstić information content (AvgIpc) is 2.33. The van der Waals surface area contributed by atoms with Crippen molar-refractivity contribution in [3.8, 4) is 5.75 Å². The third-order valence-electron chi connectivity index (χ3n) is 2.94. The van der Waals surface area contributed by atoms with Crippen LogP contribution in [0.1, 0.15) is 30.9 Å². The summed E-state index contributed by atoms with van der Waals surface area (Å²) in [4.78, 5) is 0. The van der Waals surface area contributed by atoms with Crippen LogP contribution in [0.2, 0.25) is 10.0 Å². The molecular formula is C12H15Cl2NO. The van der Waals surface area contributed by atoms with Crippen LogP contribution in [0.15, 0.2) is 12.1 Å². The smallest absolute Gasteiger partial charge is 0.139 e. The molecule has 0 spiro atoms. The predicted molar refractivity (Wildman–Crippen MR) is 67.6 cm³/mol. The van der Waals surface area contributed by atoms with Crippen LogP contribution in [0.5, 0.6) is 5.75 Å². The Morgan fingerprint density at radius 2 is 2.12 bits per heavy atom. The van der Waals surface area contributed by atoms with Crippen molar-refractivity contribution in [3.63, 3.8) is 0 Å². The molecule has 1 aliphatic heterocycles. The molecule has 0 saturated carbocycles. The summed E-state index contributed by atoms with van der Waals surface area (Å²) in [6.45, 7) is 1.04. The highest BCUT2D eigenvalue weighted by atomic mass is 35.5. The van der Waals surface area contributed by atoms with Crippen molar-refractivity contribution >= 4 is 23.2 Å². The molecule has 0 amide bonds. The van der Waals surface area contributed by atoms with Gasteiger partial charge in [0.15, 0.2) is 0 Å². The monoisotopic (exact) mass is 259 g/mol. The molecule has 1 heterocycles. The maximum absolute atomic E-state index is 6.29. The first-order valence-corrected chi connectivity index (χ1v) is 6.24. The Morgan fingerprint density at radius 3 is 2.75 bits per heavy atom. The average molecular weight is 260 g/mol. The summed E-state index contributed by atoms with van der Waals surface area (Å²) in [6, 6.07) is 3.97. The lowest BCUT2D eigenvalue weighted by Gasteiger charge is -2.25. The number of hydrogen-bond acceptors (Lipinski definition) is 2. The number of nitrogens with one attached hydrogen (secondary N) is 1. The van der Waals surface area contributed by atoms with Crippen LogP contribution in [-0.4, -0.2) is 13.7 Å². The first kappa shape index (κ1) is 12.0. The first-order valence-electron chi connectivity index (χ1n) is 5.48. The molecule has 0 aliphatic carbocycles. The van der Waals surface area contributed by atoms with Gasteiger partial charge in [0.2, 0.25) is 0 Å². The van der Waals surface area contributed by atoms with E-state index in [0.29, 0.717) is 21.8 Å². The van der Waals surface area contributed by atoms with Crippen molar-refractivity contribution in [2.45, 2.75) is 25.3 Å². The molecule has 1 saturated heterocycles. The predicted octanol–water partition coefficient (Wildman–Crippen LogP) is 3.82. The van der Waals surface area contributed by atoms with Gasteiger partial charge >= 0.3 is 0 Å². The Morgan fingerprint density at radius 1 is 1.31 bits per heavy atom. The largest absolute Gasteiger partial charge is 0.495 e. The molecule has 1 aromatic carbocycles. The number of halogens is 2. The second-order valence-electron chi connectivity index (χ2n) is 4.01. The Labute approximate surface area is 106 Å². The summed E-state index contributed by atoms with van der Waals surface area (Å²) >= 11 is 12.3. The fourth-order valence-corrected chi connectivity index (χ4v) is 2.64. The maximum atomic E-state index is 6.29. The number of ether oxygens (including phenoxy) is 1. The van der Waals surface area contributed by atoms with E-state index in [9.17, 15) is 0 Å². The van der Waals surface area contributed by atoms with Crippen LogP contribution >= 0.6 is 23.2 Å². The zero-order valence-electron chi connectivity index (χ0n) is 9.22. The minimum Gasteiger partial charge on any atom is -0.495 e. The van der Waals surface area contributed by atoms with Gasteiger partial charge in [0.25, 0.3) is 0 Å². The Balaban J connectivity index is 2.34. The number of methoxy groups -OCH3 is 1. The number of benzene rings is 1. The molecule has 88 valence electrons. The van der Waals surface area contributed by atoms with Gasteiger partial charge in [-0.15, -0.1) is 0 Å². The van der Waals surface area contributed by atoms with Crippen molar-refractivity contribution in [2.24, 2.45) is 0 Å². The number of rotatable bonds is 2. The summed E-state index contributed by atoms with van der Waals surface area (Å²) in [5, 5.41) is 4.80. The summed E-state index contributed by atoms with van der Waals surface area (Å²) in [5.74, 6) is 0.650. The molecule has 1 aromatic rings. The van der Waals surface area contributed by atoms with Crippen molar-refractivity contribution < 1.29 is 4.74 Å². The van der Waals surface area contributed by atoms with E-state index in [2.05, 4.69) is 5.32 Å². The van der Waals surface area contributed by atoms with E-state index < -0.39 is 0 Å². The Bertz CT molecular complexity index is 376. The van der Waals surface area contributed by atoms with Crippen molar-refractivity contribution in [1.82, 2.24) is 5.32 Å². The zero-order chi connectivity index (χ0) is 11.5. The first-order chi connectivity index (χ1) is 7.72. The zero-order valence-corrected chi connectivity index (χ0v) is 10.7. The second-order valence-corrected chi connectivity index (χ2v) is 4.83. The van der Waals surface area contributed by atoms with Gasteiger partial charge in [0.1, 0.15) is 5.75 Å². The van der Waals surface area contributed by atoms with Crippen LogP contribution in [0, 0.1) is 0 Å². The lowest BCUT2D eigenvalue weighted by molar-refractivity contribution is 0.400. The normalized spacial score (nSPS) is 20.8. The van der Waals surface area contributed by atoms with Gasteiger partial charge in [-0.25, -0.2) is 0 Å². The minimum atomic E-state index is 0.300. The molecule has 1 aliphatic rings. The van der Waals surface area contributed by atoms with Crippen molar-refractivity contribution in [1.29, 1.82) is 0 Å². The van der Waals surface area contributed by atoms with E-state index >= 15 is 0 Å². The van der Waals surface area contributed by atoms with E-state index in [1.165, 1.54) is 12.8 Å². The molecule has 0 bridgehead atoms. The van der Waals surface area contributed by atoms with Crippen molar-refractivity contribution in [3.05, 3.63) is 27.7 Å². The quantitative estimate of drug-likeness (QED) is 0.872. The van der Waals surface area contributed by atoms with Gasteiger partial charge in [-0.05, 0) is 31.0 Å². The lowest BCUT2D eigenvalue weighted by atomic mass is 9.97. The Hall–Kier alpha value is -0.440. The number of hydrogen-bond donors (Lipinski definition) is 1. The highest BCUT2D eigenvalue weighted by Gasteiger charge is 2.20. The topological polar surface area (TPSA) is 21.3 Å². The van der Waals surface area contributed by atoms with Gasteiger partial charge in [0, 0.05) is 17.1 Å². The molecule has 16 heavy (non-hydrogen) atoms. The molecule has 0 radical (unpaired) electrons. The molecule has 1 fully saturated rings. The minimum absolute atomic E-state index is 0.300. The maximum Gasteiger partial charge on any atom is 0.139 e. The third kappa shape index (κ3) is 2.45. The van der Waals surface area contributed by atoms with E-state index in [1.807, 2.05) is 6.07 Å². The van der Waals surface area contributed by atoms with Gasteiger partial charge in [-0.1, -0.05) is 29.6 Å². The van der Waals surface area contributed by atoms with Gasteiger partial charge < -0.3 is 10.1 Å². The van der Waals surface area contributed by atoms with Crippen LogP contribution in [-0.2, 0) is 0 Å². The molecule has 2 rings (SSSR count). The highest BCUT2D eigenvalue weighted by molar-refractivity contribution is 6.35. The molecule has 1 unspecified atom stereocenters. The fourth-order valence-electron chi connectivity index (χ4n) is 2.10. The Kier molecular flexibility index (Phi) is 3.95. The summed E-state index contributed by atoms with van der Waals surface area (Å²) < 4.78 is 5.21. The summed E-state index contributed by atoms with van der Waals surface area (Å²) in [5.41, 5.74) is 1.05. The molecule has 4 heteroatoms. The van der Waals surface area contributed by atoms with E-state index in [0.717, 1.165) is 18.5 Å². The van der Waals surface area contributed by atoms with Gasteiger partial charge in [-0.3, -0.25) is 0 Å². The van der Waals surface area contributed by atoms with E-state index in [-0.39, 0.29) is 0 Å². The summed E-state index contributed by atoms with van der Waals surface area (Å²) in [6.07, 6.45) is 3.55. The highest BCUT2D eigenvalue weighted by Crippen LogP contribution is 2.37. The SMILES string of the molecule is COc1cc(Cl)cc(C2CCCCN2)c1Cl. The lowest BCUT2D eigenvalue weighted by Crippen LogP contribution is -2.27. The standard InChI is InChI=1S/C12H15Cl2NO/c1-16-11-7-8(13)6-9(12(11)14)10-4-2-3-5-15-10/h6-7,10,15H,2-5H2,1H3. The summed E-state index contributed by atoms with van der Waals surface area (Å²) in [7, 11) is 1.61. The second kappa shape index (κ2) is 5.26. The van der Waals surface area contributed by atoms with Crippen LogP contribution < -0.4 is 10.1 Å². The molecule has 2 nitrogen and oxygen atoms in total. The van der Waals surface area contributed by atoms with Gasteiger partial charge in [0.05, 0.1) is 12.1 Å². The van der Waals surface area contributed by atoms with E-state index in [1.54, 1.807) is 13.2 Å². The van der Waals surface area contributed by atoms with Gasteiger partial charge in [-0.2, -0.15) is 0 Å². The van der Waals surface area contributed by atoms with Crippen molar-refractivity contribution in [2.75, 3.05) is 13.7 Å². The molecule has 0 aromatic heterocycles.